The molecule has 1 radical (unpaired) electrons. The van der Waals surface area contributed by atoms with Crippen molar-refractivity contribution >= 4 is 41.2 Å². The molecule has 0 aromatic heterocycles. The monoisotopic (exact) mass is 223 g/mol. The Morgan fingerprint density at radius 3 is 2.09 bits per heavy atom. The van der Waals surface area contributed by atoms with Gasteiger partial charge in [0.25, 0.3) is 7.42 Å². The van der Waals surface area contributed by atoms with Gasteiger partial charge < -0.3 is 0 Å². The predicted molar refractivity (Wildman–Crippen MR) is 52.6 cm³/mol. The molecule has 0 atom stereocenters. The number of halogens is 3. The standard InChI is InChI=1S/C7H6Cl3Si/c8-7-3-1-6(2-4-7)5-11(9)10/h1-4H,5H2. The lowest BCUT2D eigenvalue weighted by Crippen LogP contribution is -1.98. The number of rotatable bonds is 2. The van der Waals surface area contributed by atoms with E-state index in [1.165, 1.54) is 0 Å². The highest BCUT2D eigenvalue weighted by molar-refractivity contribution is 7.33. The Labute approximate surface area is 82.1 Å². The van der Waals surface area contributed by atoms with Crippen molar-refractivity contribution in [1.29, 1.82) is 0 Å². The van der Waals surface area contributed by atoms with E-state index >= 15 is 0 Å². The van der Waals surface area contributed by atoms with Crippen LogP contribution in [0.25, 0.3) is 0 Å². The fraction of sp³-hybridized carbons (Fsp3) is 0.143. The van der Waals surface area contributed by atoms with Gasteiger partial charge in [-0.15, -0.1) is 22.2 Å². The molecule has 11 heavy (non-hydrogen) atoms. The summed E-state index contributed by atoms with van der Waals surface area (Å²) in [5.41, 5.74) is 1.15. The van der Waals surface area contributed by atoms with Crippen LogP contribution in [0.3, 0.4) is 0 Å². The summed E-state index contributed by atoms with van der Waals surface area (Å²) in [4.78, 5) is 0. The predicted octanol–water partition coefficient (Wildman–Crippen LogP) is 3.39. The first kappa shape index (κ1) is 9.40. The normalized spacial score (nSPS) is 10.5. The summed E-state index contributed by atoms with van der Waals surface area (Å²) in [5.74, 6) is 0. The second-order valence-corrected chi connectivity index (χ2v) is 6.93. The first-order valence-corrected chi connectivity index (χ1v) is 7.20. The van der Waals surface area contributed by atoms with Crippen LogP contribution in [0.1, 0.15) is 5.56 Å². The summed E-state index contributed by atoms with van der Waals surface area (Å²) in [5, 5.41) is 0.742. The first-order chi connectivity index (χ1) is 5.18. The molecule has 4 heteroatoms. The minimum Gasteiger partial charge on any atom is -0.146 e. The molecule has 0 nitrogen and oxygen atoms in total. The van der Waals surface area contributed by atoms with Crippen LogP contribution in [0.5, 0.6) is 0 Å². The van der Waals surface area contributed by atoms with Gasteiger partial charge in [-0.25, -0.2) is 0 Å². The minimum absolute atomic E-state index is 0.742. The smallest absolute Gasteiger partial charge is 0.146 e. The van der Waals surface area contributed by atoms with Gasteiger partial charge in [-0.05, 0) is 23.7 Å². The molecule has 1 rings (SSSR count). The van der Waals surface area contributed by atoms with Gasteiger partial charge in [0.1, 0.15) is 0 Å². The second kappa shape index (κ2) is 4.36. The van der Waals surface area contributed by atoms with Crippen LogP contribution in [0.15, 0.2) is 24.3 Å². The maximum atomic E-state index is 5.69. The molecule has 0 saturated carbocycles. The van der Waals surface area contributed by atoms with Gasteiger partial charge in [-0.2, -0.15) is 0 Å². The van der Waals surface area contributed by atoms with Crippen molar-refractivity contribution in [3.63, 3.8) is 0 Å². The average molecular weight is 225 g/mol. The van der Waals surface area contributed by atoms with Gasteiger partial charge in [0.15, 0.2) is 0 Å². The Kier molecular flexibility index (Phi) is 3.73. The zero-order chi connectivity index (χ0) is 8.27. The molecule has 1 aromatic rings. The third-order valence-corrected chi connectivity index (χ3v) is 2.98. The Morgan fingerprint density at radius 1 is 1.09 bits per heavy atom. The quantitative estimate of drug-likeness (QED) is 0.534. The summed E-state index contributed by atoms with van der Waals surface area (Å²) < 4.78 is 0. The van der Waals surface area contributed by atoms with Gasteiger partial charge in [0.05, 0.1) is 0 Å². The third kappa shape index (κ3) is 3.47. The summed E-state index contributed by atoms with van der Waals surface area (Å²) >= 11 is 17.1. The second-order valence-electron chi connectivity index (χ2n) is 2.14. The lowest BCUT2D eigenvalue weighted by Gasteiger charge is -1.98. The van der Waals surface area contributed by atoms with E-state index in [0.717, 1.165) is 16.6 Å². The molecule has 0 N–H and O–H groups in total. The molecule has 59 valence electrons. The lowest BCUT2D eigenvalue weighted by atomic mass is 10.2. The van der Waals surface area contributed by atoms with Crippen molar-refractivity contribution < 1.29 is 0 Å². The minimum atomic E-state index is -1.20. The topological polar surface area (TPSA) is 0 Å². The van der Waals surface area contributed by atoms with E-state index in [4.69, 9.17) is 33.8 Å². The van der Waals surface area contributed by atoms with E-state index in [1.807, 2.05) is 24.3 Å². The van der Waals surface area contributed by atoms with Crippen LogP contribution < -0.4 is 0 Å². The molecular weight excluding hydrogens is 219 g/mol. The van der Waals surface area contributed by atoms with Crippen LogP contribution in [0, 0.1) is 0 Å². The van der Waals surface area contributed by atoms with E-state index < -0.39 is 7.42 Å². The molecule has 0 bridgehead atoms. The van der Waals surface area contributed by atoms with E-state index in [0.29, 0.717) is 0 Å². The molecule has 0 unspecified atom stereocenters. The van der Waals surface area contributed by atoms with Crippen LogP contribution in [-0.4, -0.2) is 7.42 Å². The first-order valence-electron chi connectivity index (χ1n) is 3.10. The Morgan fingerprint density at radius 2 is 1.64 bits per heavy atom. The van der Waals surface area contributed by atoms with E-state index in [9.17, 15) is 0 Å². The number of hydrogen-bond acceptors (Lipinski definition) is 0. The maximum absolute atomic E-state index is 5.69. The molecule has 0 saturated heterocycles. The fourth-order valence-corrected chi connectivity index (χ4v) is 2.35. The largest absolute Gasteiger partial charge is 0.278 e. The molecule has 0 aliphatic heterocycles. The van der Waals surface area contributed by atoms with Gasteiger partial charge in [0, 0.05) is 5.02 Å². The highest BCUT2D eigenvalue weighted by Gasteiger charge is 2.03. The summed E-state index contributed by atoms with van der Waals surface area (Å²) in [6.45, 7) is 0. The molecule has 0 fully saturated rings. The molecular formula is C7H6Cl3Si. The SMILES string of the molecule is Clc1ccc(C[Si](Cl)Cl)cc1. The Balaban J connectivity index is 2.66. The zero-order valence-electron chi connectivity index (χ0n) is 5.65. The molecule has 0 aliphatic rings. The van der Waals surface area contributed by atoms with Gasteiger partial charge in [-0.1, -0.05) is 23.7 Å². The van der Waals surface area contributed by atoms with Crippen molar-refractivity contribution in [2.45, 2.75) is 6.04 Å². The van der Waals surface area contributed by atoms with E-state index in [2.05, 4.69) is 0 Å². The van der Waals surface area contributed by atoms with Crippen molar-refractivity contribution in [2.24, 2.45) is 0 Å². The molecule has 0 amide bonds. The van der Waals surface area contributed by atoms with Crippen molar-refractivity contribution in [1.82, 2.24) is 0 Å². The summed E-state index contributed by atoms with van der Waals surface area (Å²) in [7, 11) is -1.20. The summed E-state index contributed by atoms with van der Waals surface area (Å²) in [6.07, 6.45) is 0. The molecule has 1 aromatic carbocycles. The average Bonchev–Trinajstić information content (AvgIpc) is 1.93. The summed E-state index contributed by atoms with van der Waals surface area (Å²) in [6, 6.07) is 8.34. The van der Waals surface area contributed by atoms with Crippen LogP contribution in [0.2, 0.25) is 5.02 Å². The van der Waals surface area contributed by atoms with Crippen LogP contribution >= 0.6 is 33.8 Å². The van der Waals surface area contributed by atoms with Crippen LogP contribution in [-0.2, 0) is 6.04 Å². The molecule has 0 spiro atoms. The fourth-order valence-electron chi connectivity index (χ4n) is 0.757. The molecule has 0 heterocycles. The number of benzene rings is 1. The highest BCUT2D eigenvalue weighted by atomic mass is 35.7. The maximum Gasteiger partial charge on any atom is 0.278 e. The van der Waals surface area contributed by atoms with Gasteiger partial charge in [-0.3, -0.25) is 0 Å². The third-order valence-electron chi connectivity index (χ3n) is 1.25. The van der Waals surface area contributed by atoms with Crippen molar-refractivity contribution in [3.8, 4) is 0 Å². The van der Waals surface area contributed by atoms with Crippen LogP contribution in [0.4, 0.5) is 0 Å². The zero-order valence-corrected chi connectivity index (χ0v) is 8.92. The van der Waals surface area contributed by atoms with E-state index in [-0.39, 0.29) is 0 Å². The van der Waals surface area contributed by atoms with Gasteiger partial charge >= 0.3 is 0 Å². The van der Waals surface area contributed by atoms with Crippen molar-refractivity contribution in [3.05, 3.63) is 34.9 Å². The highest BCUT2D eigenvalue weighted by Crippen LogP contribution is 2.12. The Bertz CT molecular complexity index is 220. The van der Waals surface area contributed by atoms with E-state index in [1.54, 1.807) is 0 Å². The lowest BCUT2D eigenvalue weighted by molar-refractivity contribution is 1.39. The van der Waals surface area contributed by atoms with Crippen molar-refractivity contribution in [2.75, 3.05) is 0 Å². The number of hydrogen-bond donors (Lipinski definition) is 0. The van der Waals surface area contributed by atoms with Gasteiger partial charge in [0.2, 0.25) is 0 Å². The Hall–Kier alpha value is 0.307. The molecule has 0 aliphatic carbocycles.